The molecule has 7 heteroatoms. The first-order chi connectivity index (χ1) is 16.2. The molecule has 0 bridgehead atoms. The first-order valence-corrected chi connectivity index (χ1v) is 11.3. The van der Waals surface area contributed by atoms with E-state index in [1.54, 1.807) is 0 Å². The summed E-state index contributed by atoms with van der Waals surface area (Å²) in [6, 6.07) is 12.1. The SMILES string of the molecule is CC(=O)N[C@@H](Cc1c[nH]c2ccccc12)C(=O)OCc1cc(=O)oc2cc(C)c(C(C)C)cc12. The van der Waals surface area contributed by atoms with Gasteiger partial charge in [-0.1, -0.05) is 32.0 Å². The van der Waals surface area contributed by atoms with E-state index >= 15 is 0 Å². The smallest absolute Gasteiger partial charge is 0.336 e. The standard InChI is InChI=1S/C27H28N2O5/c1-15(2)21-12-22-19(11-26(31)34-25(22)9-16(21)3)14-33-27(32)24(29-17(4)30)10-18-13-28-23-8-6-5-7-20(18)23/h5-9,11-13,15,24,28H,10,14H2,1-4H3,(H,29,30)/t24-/m0/s1. The number of aromatic amines is 1. The number of carbonyl (C=O) groups is 2. The first-order valence-electron chi connectivity index (χ1n) is 11.3. The second kappa shape index (κ2) is 9.55. The fourth-order valence-electron chi connectivity index (χ4n) is 4.34. The molecular formula is C27H28N2O5. The van der Waals surface area contributed by atoms with E-state index in [1.807, 2.05) is 49.5 Å². The van der Waals surface area contributed by atoms with Crippen molar-refractivity contribution in [3.63, 3.8) is 0 Å². The van der Waals surface area contributed by atoms with E-state index in [0.717, 1.165) is 33.0 Å². The number of carbonyl (C=O) groups excluding carboxylic acids is 2. The monoisotopic (exact) mass is 460 g/mol. The minimum Gasteiger partial charge on any atom is -0.459 e. The van der Waals surface area contributed by atoms with Crippen molar-refractivity contribution in [2.75, 3.05) is 0 Å². The number of amides is 1. The van der Waals surface area contributed by atoms with Gasteiger partial charge in [-0.15, -0.1) is 0 Å². The molecule has 2 heterocycles. The topological polar surface area (TPSA) is 101 Å². The number of esters is 1. The Morgan fingerprint density at radius 1 is 1.09 bits per heavy atom. The number of para-hydroxylation sites is 1. The van der Waals surface area contributed by atoms with E-state index in [-0.39, 0.29) is 24.9 Å². The maximum absolute atomic E-state index is 13.0. The van der Waals surface area contributed by atoms with Gasteiger partial charge in [0.05, 0.1) is 0 Å². The molecule has 176 valence electrons. The maximum atomic E-state index is 13.0. The van der Waals surface area contributed by atoms with Gasteiger partial charge in [-0.2, -0.15) is 0 Å². The van der Waals surface area contributed by atoms with Crippen LogP contribution in [0.15, 0.2) is 57.9 Å². The van der Waals surface area contributed by atoms with Crippen LogP contribution in [0.3, 0.4) is 0 Å². The van der Waals surface area contributed by atoms with Crippen molar-refractivity contribution in [3.05, 3.63) is 81.3 Å². The molecule has 0 aliphatic heterocycles. The molecule has 4 rings (SSSR count). The number of H-pyrrole nitrogens is 1. The highest BCUT2D eigenvalue weighted by Gasteiger charge is 2.23. The van der Waals surface area contributed by atoms with Crippen LogP contribution in [0.5, 0.6) is 0 Å². The molecule has 0 radical (unpaired) electrons. The molecule has 2 aromatic carbocycles. The van der Waals surface area contributed by atoms with Crippen LogP contribution in [0.1, 0.15) is 48.9 Å². The van der Waals surface area contributed by atoms with Gasteiger partial charge in [0, 0.05) is 47.5 Å². The van der Waals surface area contributed by atoms with Crippen molar-refractivity contribution in [1.29, 1.82) is 0 Å². The van der Waals surface area contributed by atoms with E-state index in [4.69, 9.17) is 9.15 Å². The predicted molar refractivity (Wildman–Crippen MR) is 131 cm³/mol. The summed E-state index contributed by atoms with van der Waals surface area (Å²) in [5, 5.41) is 4.40. The molecule has 34 heavy (non-hydrogen) atoms. The number of fused-ring (bicyclic) bond motifs is 2. The van der Waals surface area contributed by atoms with E-state index in [0.29, 0.717) is 11.1 Å². The lowest BCUT2D eigenvalue weighted by molar-refractivity contribution is -0.148. The van der Waals surface area contributed by atoms with Crippen molar-refractivity contribution in [3.8, 4) is 0 Å². The highest BCUT2D eigenvalue weighted by molar-refractivity contribution is 5.87. The Bertz CT molecular complexity index is 1430. The van der Waals surface area contributed by atoms with Crippen molar-refractivity contribution < 1.29 is 18.7 Å². The molecule has 2 N–H and O–H groups in total. The van der Waals surface area contributed by atoms with Crippen LogP contribution >= 0.6 is 0 Å². The van der Waals surface area contributed by atoms with E-state index in [1.165, 1.54) is 13.0 Å². The highest BCUT2D eigenvalue weighted by atomic mass is 16.5. The number of hydrogen-bond donors (Lipinski definition) is 2. The van der Waals surface area contributed by atoms with Crippen molar-refractivity contribution in [2.24, 2.45) is 0 Å². The van der Waals surface area contributed by atoms with Crippen molar-refractivity contribution in [1.82, 2.24) is 10.3 Å². The van der Waals surface area contributed by atoms with Gasteiger partial charge in [0.2, 0.25) is 5.91 Å². The molecule has 0 unspecified atom stereocenters. The third kappa shape index (κ3) is 4.88. The van der Waals surface area contributed by atoms with E-state index in [9.17, 15) is 14.4 Å². The van der Waals surface area contributed by atoms with Crippen LogP contribution in [0.2, 0.25) is 0 Å². The summed E-state index contributed by atoms with van der Waals surface area (Å²) >= 11 is 0. The summed E-state index contributed by atoms with van der Waals surface area (Å²) in [5.41, 5.74) is 4.52. The Hall–Kier alpha value is -3.87. The summed E-state index contributed by atoms with van der Waals surface area (Å²) in [7, 11) is 0. The molecule has 1 amide bonds. The van der Waals surface area contributed by atoms with Gasteiger partial charge < -0.3 is 19.5 Å². The number of nitrogens with one attached hydrogen (secondary N) is 2. The van der Waals surface area contributed by atoms with Gasteiger partial charge in [-0.3, -0.25) is 4.79 Å². The molecule has 2 aromatic heterocycles. The number of aromatic nitrogens is 1. The maximum Gasteiger partial charge on any atom is 0.336 e. The Kier molecular flexibility index (Phi) is 6.54. The van der Waals surface area contributed by atoms with Crippen LogP contribution in [-0.4, -0.2) is 22.9 Å². The number of rotatable bonds is 7. The minimum absolute atomic E-state index is 0.106. The van der Waals surface area contributed by atoms with Crippen LogP contribution < -0.4 is 10.9 Å². The normalized spacial score (nSPS) is 12.3. The Balaban J connectivity index is 1.59. The van der Waals surface area contributed by atoms with Gasteiger partial charge in [0.25, 0.3) is 0 Å². The van der Waals surface area contributed by atoms with Gasteiger partial charge in [-0.25, -0.2) is 9.59 Å². The second-order valence-corrected chi connectivity index (χ2v) is 8.87. The number of benzene rings is 2. The summed E-state index contributed by atoms with van der Waals surface area (Å²) in [4.78, 5) is 40.1. The molecule has 1 atom stereocenters. The Morgan fingerprint density at radius 2 is 1.85 bits per heavy atom. The summed E-state index contributed by atoms with van der Waals surface area (Å²) in [6.07, 6.45) is 2.11. The van der Waals surface area contributed by atoms with Crippen LogP contribution in [-0.2, 0) is 27.4 Å². The molecule has 0 aliphatic rings. The third-order valence-corrected chi connectivity index (χ3v) is 5.97. The lowest BCUT2D eigenvalue weighted by Gasteiger charge is -2.17. The third-order valence-electron chi connectivity index (χ3n) is 5.97. The Labute approximate surface area is 197 Å². The van der Waals surface area contributed by atoms with Crippen molar-refractivity contribution in [2.45, 2.75) is 52.7 Å². The number of aryl methyl sites for hydroxylation is 1. The molecule has 4 aromatic rings. The lowest BCUT2D eigenvalue weighted by Crippen LogP contribution is -2.42. The van der Waals surface area contributed by atoms with E-state index < -0.39 is 17.6 Å². The second-order valence-electron chi connectivity index (χ2n) is 8.87. The zero-order valence-corrected chi connectivity index (χ0v) is 19.7. The minimum atomic E-state index is -0.864. The van der Waals surface area contributed by atoms with Crippen molar-refractivity contribution >= 4 is 33.7 Å². The van der Waals surface area contributed by atoms with Gasteiger partial charge in [-0.05, 0) is 47.7 Å². The fourth-order valence-corrected chi connectivity index (χ4v) is 4.34. The lowest BCUT2D eigenvalue weighted by atomic mass is 9.95. The quantitative estimate of drug-likeness (QED) is 0.312. The molecule has 0 spiro atoms. The predicted octanol–water partition coefficient (Wildman–Crippen LogP) is 4.50. The Morgan fingerprint density at radius 3 is 2.59 bits per heavy atom. The molecule has 0 aliphatic carbocycles. The number of hydrogen-bond acceptors (Lipinski definition) is 5. The molecule has 0 saturated carbocycles. The van der Waals surface area contributed by atoms with Crippen LogP contribution in [0.4, 0.5) is 0 Å². The summed E-state index contributed by atoms with van der Waals surface area (Å²) in [5.74, 6) is -0.616. The van der Waals surface area contributed by atoms with Gasteiger partial charge in [0.15, 0.2) is 0 Å². The first kappa shape index (κ1) is 23.3. The largest absolute Gasteiger partial charge is 0.459 e. The molecule has 7 nitrogen and oxygen atoms in total. The van der Waals surface area contributed by atoms with Crippen LogP contribution in [0.25, 0.3) is 21.9 Å². The molecular weight excluding hydrogens is 432 g/mol. The fraction of sp³-hybridized carbons (Fsp3) is 0.296. The average Bonchev–Trinajstić information content (AvgIpc) is 3.18. The molecule has 0 fully saturated rings. The van der Waals surface area contributed by atoms with Gasteiger partial charge in [0.1, 0.15) is 18.2 Å². The zero-order valence-electron chi connectivity index (χ0n) is 19.7. The van der Waals surface area contributed by atoms with E-state index in [2.05, 4.69) is 24.1 Å². The highest BCUT2D eigenvalue weighted by Crippen LogP contribution is 2.27. The average molecular weight is 461 g/mol. The summed E-state index contributed by atoms with van der Waals surface area (Å²) in [6.45, 7) is 7.42. The van der Waals surface area contributed by atoms with Crippen LogP contribution in [0, 0.1) is 6.92 Å². The summed E-state index contributed by atoms with van der Waals surface area (Å²) < 4.78 is 11.0. The molecule has 0 saturated heterocycles. The van der Waals surface area contributed by atoms with Gasteiger partial charge >= 0.3 is 11.6 Å². The number of ether oxygens (including phenoxy) is 1. The zero-order chi connectivity index (χ0) is 24.4.